The third-order valence-corrected chi connectivity index (χ3v) is 7.04. The molecule has 0 radical (unpaired) electrons. The van der Waals surface area contributed by atoms with Crippen LogP contribution in [0, 0.1) is 6.92 Å². The van der Waals surface area contributed by atoms with Gasteiger partial charge in [-0.1, -0.05) is 42.5 Å². The number of amides is 1. The highest BCUT2D eigenvalue weighted by Gasteiger charge is 2.46. The summed E-state index contributed by atoms with van der Waals surface area (Å²) in [5.41, 5.74) is 3.48. The fourth-order valence-electron chi connectivity index (χ4n) is 4.98. The number of ketones is 1. The molecule has 8 heteroatoms. The number of nitrogens with zero attached hydrogens (tertiary/aromatic N) is 2. The molecule has 3 aromatic carbocycles. The van der Waals surface area contributed by atoms with Crippen LogP contribution in [0.4, 0.5) is 0 Å². The summed E-state index contributed by atoms with van der Waals surface area (Å²) < 4.78 is 16.8. The first-order valence-corrected chi connectivity index (χ1v) is 13.1. The number of benzene rings is 3. The van der Waals surface area contributed by atoms with E-state index in [-0.39, 0.29) is 17.9 Å². The molecule has 1 amide bonds. The van der Waals surface area contributed by atoms with E-state index < -0.39 is 17.7 Å². The molecule has 1 fully saturated rings. The largest absolute Gasteiger partial charge is 0.507 e. The van der Waals surface area contributed by atoms with Crippen molar-refractivity contribution in [1.82, 2.24) is 9.88 Å². The van der Waals surface area contributed by atoms with Crippen molar-refractivity contribution < 1.29 is 28.9 Å². The fourth-order valence-corrected chi connectivity index (χ4v) is 4.98. The number of rotatable bonds is 9. The number of carbonyl (C=O) groups is 2. The molecule has 1 aliphatic rings. The van der Waals surface area contributed by atoms with E-state index in [1.807, 2.05) is 43.3 Å². The Kier molecular flexibility index (Phi) is 8.01. The van der Waals surface area contributed by atoms with E-state index in [2.05, 4.69) is 4.98 Å². The van der Waals surface area contributed by atoms with E-state index in [0.717, 1.165) is 11.1 Å². The molecule has 8 nitrogen and oxygen atoms in total. The van der Waals surface area contributed by atoms with Crippen LogP contribution in [0.2, 0.25) is 0 Å². The summed E-state index contributed by atoms with van der Waals surface area (Å²) in [5, 5.41) is 11.6. The molecule has 5 rings (SSSR count). The number of aromatic nitrogens is 1. The summed E-state index contributed by atoms with van der Waals surface area (Å²) in [6.45, 7) is 2.34. The molecule has 208 valence electrons. The topological polar surface area (TPSA) is 98.2 Å². The second-order valence-corrected chi connectivity index (χ2v) is 9.65. The lowest BCUT2D eigenvalue weighted by Gasteiger charge is -2.26. The zero-order valence-corrected chi connectivity index (χ0v) is 23.0. The Hall–Kier alpha value is -5.11. The molecule has 1 saturated heterocycles. The molecule has 41 heavy (non-hydrogen) atoms. The Balaban J connectivity index is 1.56. The lowest BCUT2D eigenvalue weighted by Crippen LogP contribution is -2.29. The molecular weight excluding hydrogens is 520 g/mol. The van der Waals surface area contributed by atoms with Gasteiger partial charge in [0.25, 0.3) is 11.7 Å². The number of aliphatic hydroxyl groups is 1. The number of aliphatic hydroxyl groups excluding tert-OH is 1. The zero-order valence-electron chi connectivity index (χ0n) is 23.0. The van der Waals surface area contributed by atoms with Gasteiger partial charge in [0.15, 0.2) is 11.5 Å². The maximum absolute atomic E-state index is 13.5. The molecule has 0 spiro atoms. The number of hydrogen-bond acceptors (Lipinski definition) is 7. The van der Waals surface area contributed by atoms with Crippen molar-refractivity contribution in [2.24, 2.45) is 0 Å². The minimum Gasteiger partial charge on any atom is -0.507 e. The standard InChI is InChI=1S/C33H30N2O6/c1-21-16-25(41-20-22-8-5-4-6-9-22)12-13-26(21)31(36)29-30(24-11-14-27(39-2)28(17-24)40-3)35(33(38)32(29)37)19-23-10-7-15-34-18-23/h4-18,30,36H,19-20H2,1-3H3/b31-29+/t30-/m1/s1. The van der Waals surface area contributed by atoms with E-state index >= 15 is 0 Å². The third-order valence-electron chi connectivity index (χ3n) is 7.04. The summed E-state index contributed by atoms with van der Waals surface area (Å²) in [6.07, 6.45) is 3.28. The molecule has 1 aliphatic heterocycles. The predicted octanol–water partition coefficient (Wildman–Crippen LogP) is 5.61. The molecule has 1 aromatic heterocycles. The first kappa shape index (κ1) is 27.5. The third kappa shape index (κ3) is 5.63. The summed E-state index contributed by atoms with van der Waals surface area (Å²) in [5.74, 6) is -0.179. The van der Waals surface area contributed by atoms with Gasteiger partial charge in [0.1, 0.15) is 18.1 Å². The zero-order chi connectivity index (χ0) is 28.9. The Morgan fingerprint density at radius 2 is 1.66 bits per heavy atom. The van der Waals surface area contributed by atoms with Crippen molar-refractivity contribution in [3.05, 3.63) is 125 Å². The van der Waals surface area contributed by atoms with Gasteiger partial charge in [-0.3, -0.25) is 14.6 Å². The minimum atomic E-state index is -0.872. The number of carbonyl (C=O) groups excluding carboxylic acids is 2. The van der Waals surface area contributed by atoms with Crippen molar-refractivity contribution >= 4 is 17.4 Å². The summed E-state index contributed by atoms with van der Waals surface area (Å²) in [7, 11) is 3.04. The van der Waals surface area contributed by atoms with Crippen molar-refractivity contribution in [1.29, 1.82) is 0 Å². The molecule has 0 unspecified atom stereocenters. The van der Waals surface area contributed by atoms with Gasteiger partial charge in [0.2, 0.25) is 0 Å². The van der Waals surface area contributed by atoms with Crippen LogP contribution in [0.3, 0.4) is 0 Å². The summed E-state index contributed by atoms with van der Waals surface area (Å²) in [4.78, 5) is 32.5. The van der Waals surface area contributed by atoms with Crippen LogP contribution in [0.5, 0.6) is 17.2 Å². The number of pyridine rings is 1. The van der Waals surface area contributed by atoms with Crippen molar-refractivity contribution in [3.63, 3.8) is 0 Å². The van der Waals surface area contributed by atoms with E-state index in [4.69, 9.17) is 14.2 Å². The van der Waals surface area contributed by atoms with Crippen LogP contribution in [0.25, 0.3) is 5.76 Å². The minimum absolute atomic E-state index is 0.00726. The van der Waals surface area contributed by atoms with Crippen LogP contribution in [0.1, 0.15) is 33.9 Å². The molecule has 0 bridgehead atoms. The molecule has 1 atom stereocenters. The van der Waals surface area contributed by atoms with Crippen LogP contribution >= 0.6 is 0 Å². The molecular formula is C33H30N2O6. The normalized spacial score (nSPS) is 16.1. The average Bonchev–Trinajstić information content (AvgIpc) is 3.25. The van der Waals surface area contributed by atoms with Crippen LogP contribution in [-0.2, 0) is 22.7 Å². The van der Waals surface area contributed by atoms with Gasteiger partial charge in [-0.05, 0) is 65.6 Å². The molecule has 2 heterocycles. The quantitative estimate of drug-likeness (QED) is 0.164. The van der Waals surface area contributed by atoms with Crippen LogP contribution in [0.15, 0.2) is 96.8 Å². The Morgan fingerprint density at radius 1 is 0.902 bits per heavy atom. The number of methoxy groups -OCH3 is 2. The highest BCUT2D eigenvalue weighted by molar-refractivity contribution is 6.46. The predicted molar refractivity (Wildman–Crippen MR) is 154 cm³/mol. The average molecular weight is 551 g/mol. The maximum Gasteiger partial charge on any atom is 0.295 e. The first-order chi connectivity index (χ1) is 19.9. The van der Waals surface area contributed by atoms with Gasteiger partial charge in [-0.15, -0.1) is 0 Å². The van der Waals surface area contributed by atoms with Gasteiger partial charge in [-0.25, -0.2) is 0 Å². The van der Waals surface area contributed by atoms with Crippen molar-refractivity contribution in [3.8, 4) is 17.2 Å². The van der Waals surface area contributed by atoms with E-state index in [1.54, 1.807) is 54.9 Å². The molecule has 4 aromatic rings. The second kappa shape index (κ2) is 12.0. The lowest BCUT2D eigenvalue weighted by molar-refractivity contribution is -0.140. The SMILES string of the molecule is COc1ccc([C@@H]2/C(=C(\O)c3ccc(OCc4ccccc4)cc3C)C(=O)C(=O)N2Cc2cccnc2)cc1OC. The Bertz CT molecular complexity index is 1600. The Labute approximate surface area is 238 Å². The second-order valence-electron chi connectivity index (χ2n) is 9.65. The van der Waals surface area contributed by atoms with E-state index in [1.165, 1.54) is 19.1 Å². The number of likely N-dealkylation sites (tertiary alicyclic amines) is 1. The molecule has 0 saturated carbocycles. The first-order valence-electron chi connectivity index (χ1n) is 13.1. The van der Waals surface area contributed by atoms with Gasteiger partial charge < -0.3 is 24.2 Å². The highest BCUT2D eigenvalue weighted by atomic mass is 16.5. The molecule has 0 aliphatic carbocycles. The fraction of sp³-hybridized carbons (Fsp3) is 0.182. The highest BCUT2D eigenvalue weighted by Crippen LogP contribution is 2.43. The Morgan fingerprint density at radius 3 is 2.34 bits per heavy atom. The van der Waals surface area contributed by atoms with Crippen LogP contribution in [-0.4, -0.2) is 40.9 Å². The maximum atomic E-state index is 13.5. The number of Topliss-reactive ketones (excluding diaryl/α,β-unsaturated/α-hetero) is 1. The van der Waals surface area contributed by atoms with Gasteiger partial charge in [0, 0.05) is 24.5 Å². The van der Waals surface area contributed by atoms with Gasteiger partial charge >= 0.3 is 0 Å². The van der Waals surface area contributed by atoms with Gasteiger partial charge in [-0.2, -0.15) is 0 Å². The smallest absolute Gasteiger partial charge is 0.295 e. The number of ether oxygens (including phenoxy) is 3. The monoisotopic (exact) mass is 550 g/mol. The number of hydrogen-bond donors (Lipinski definition) is 1. The van der Waals surface area contributed by atoms with Crippen molar-refractivity contribution in [2.75, 3.05) is 14.2 Å². The summed E-state index contributed by atoms with van der Waals surface area (Å²) in [6, 6.07) is 22.9. The molecule has 1 N–H and O–H groups in total. The van der Waals surface area contributed by atoms with Gasteiger partial charge in [0.05, 0.1) is 25.8 Å². The van der Waals surface area contributed by atoms with E-state index in [9.17, 15) is 14.7 Å². The lowest BCUT2D eigenvalue weighted by atomic mass is 9.93. The van der Waals surface area contributed by atoms with E-state index in [0.29, 0.717) is 40.5 Å². The summed E-state index contributed by atoms with van der Waals surface area (Å²) >= 11 is 0. The number of aryl methyl sites for hydroxylation is 1. The van der Waals surface area contributed by atoms with Crippen LogP contribution < -0.4 is 14.2 Å². The van der Waals surface area contributed by atoms with Crippen molar-refractivity contribution in [2.45, 2.75) is 26.1 Å².